The lowest BCUT2D eigenvalue weighted by atomic mass is 10.0. The van der Waals surface area contributed by atoms with E-state index in [1.807, 2.05) is 24.3 Å². The number of ether oxygens (including phenoxy) is 2. The van der Waals surface area contributed by atoms with Crippen molar-refractivity contribution in [2.75, 3.05) is 44.8 Å². The molecular weight excluding hydrogens is 452 g/mol. The molecule has 3 amide bonds. The predicted molar refractivity (Wildman–Crippen MR) is 126 cm³/mol. The summed E-state index contributed by atoms with van der Waals surface area (Å²) < 4.78 is 11.2. The van der Waals surface area contributed by atoms with Crippen molar-refractivity contribution in [1.29, 1.82) is 0 Å². The lowest BCUT2D eigenvalue weighted by Gasteiger charge is -2.31. The van der Waals surface area contributed by atoms with Gasteiger partial charge < -0.3 is 19.9 Å². The summed E-state index contributed by atoms with van der Waals surface area (Å²) >= 11 is 0. The first-order valence-corrected chi connectivity index (χ1v) is 11.8. The van der Waals surface area contributed by atoms with Crippen LogP contribution in [0.25, 0.3) is 0 Å². The van der Waals surface area contributed by atoms with Gasteiger partial charge in [0.15, 0.2) is 6.23 Å². The molecule has 2 aromatic rings. The number of hydrogen-bond donors (Lipinski definition) is 3. The smallest absolute Gasteiger partial charge is 0.259 e. The third-order valence-electron chi connectivity index (χ3n) is 6.55. The molecule has 10 heteroatoms. The van der Waals surface area contributed by atoms with Crippen molar-refractivity contribution < 1.29 is 29.0 Å². The average molecular weight is 481 g/mol. The highest BCUT2D eigenvalue weighted by Gasteiger charge is 2.45. The molecule has 3 aliphatic rings. The number of nitrogens with zero attached hydrogens (tertiary/aromatic N) is 2. The maximum atomic E-state index is 13.3. The normalized spacial score (nSPS) is 22.7. The summed E-state index contributed by atoms with van der Waals surface area (Å²) in [6.45, 7) is 4.78. The Bertz CT molecular complexity index is 1120. The molecule has 0 aliphatic carbocycles. The molecule has 184 valence electrons. The van der Waals surface area contributed by atoms with Gasteiger partial charge in [0.1, 0.15) is 18.4 Å². The lowest BCUT2D eigenvalue weighted by Crippen LogP contribution is -2.53. The van der Waals surface area contributed by atoms with Crippen LogP contribution in [0.4, 0.5) is 11.4 Å². The van der Waals surface area contributed by atoms with E-state index >= 15 is 0 Å². The van der Waals surface area contributed by atoms with Crippen LogP contribution < -0.4 is 15.4 Å². The summed E-state index contributed by atoms with van der Waals surface area (Å²) in [5, 5.41) is 16.3. The monoisotopic (exact) mass is 480 g/mol. The Kier molecular flexibility index (Phi) is 6.67. The molecule has 0 aromatic heterocycles. The third-order valence-corrected chi connectivity index (χ3v) is 6.55. The molecule has 35 heavy (non-hydrogen) atoms. The number of morpholine rings is 1. The zero-order valence-electron chi connectivity index (χ0n) is 19.2. The Balaban J connectivity index is 1.25. The van der Waals surface area contributed by atoms with Crippen LogP contribution in [-0.4, -0.2) is 78.1 Å². The Morgan fingerprint density at radius 3 is 2.60 bits per heavy atom. The molecule has 5 rings (SSSR count). The maximum absolute atomic E-state index is 13.3. The number of hydrogen-bond acceptors (Lipinski definition) is 8. The molecule has 2 aromatic carbocycles. The number of amides is 3. The van der Waals surface area contributed by atoms with Crippen molar-refractivity contribution in [2.45, 2.75) is 25.1 Å². The standard InChI is InChI=1S/C25H28N4O6/c30-21-9-8-20(23(31)27-21)29-24(32)18-2-1-3-19(22(18)25(29)33)26-16-4-6-17(7-5-16)35-15-12-28-10-13-34-14-11-28/h1-7,20,24,26,32H,8-15H2,(H,27,30,31). The van der Waals surface area contributed by atoms with Gasteiger partial charge in [0.05, 0.1) is 24.5 Å². The summed E-state index contributed by atoms with van der Waals surface area (Å²) in [7, 11) is 0. The molecule has 0 saturated carbocycles. The van der Waals surface area contributed by atoms with Gasteiger partial charge >= 0.3 is 0 Å². The van der Waals surface area contributed by atoms with Gasteiger partial charge in [-0.25, -0.2) is 0 Å². The van der Waals surface area contributed by atoms with E-state index in [1.54, 1.807) is 18.2 Å². The van der Waals surface area contributed by atoms with Gasteiger partial charge in [0.2, 0.25) is 11.8 Å². The van der Waals surface area contributed by atoms with E-state index in [4.69, 9.17) is 9.47 Å². The van der Waals surface area contributed by atoms with Gasteiger partial charge in [-0.05, 0) is 36.8 Å². The van der Waals surface area contributed by atoms with E-state index < -0.39 is 24.1 Å². The Hall–Kier alpha value is -3.47. The fraction of sp³-hybridized carbons (Fsp3) is 0.400. The molecule has 10 nitrogen and oxygen atoms in total. The minimum absolute atomic E-state index is 0.120. The highest BCUT2D eigenvalue weighted by atomic mass is 16.5. The van der Waals surface area contributed by atoms with Gasteiger partial charge in [-0.15, -0.1) is 0 Å². The van der Waals surface area contributed by atoms with Crippen molar-refractivity contribution in [2.24, 2.45) is 0 Å². The van der Waals surface area contributed by atoms with E-state index in [9.17, 15) is 19.5 Å². The number of benzene rings is 2. The number of rotatable bonds is 7. The highest BCUT2D eigenvalue weighted by Crippen LogP contribution is 2.39. The number of aliphatic hydroxyl groups is 1. The Morgan fingerprint density at radius 2 is 1.86 bits per heavy atom. The summed E-state index contributed by atoms with van der Waals surface area (Å²) in [4.78, 5) is 40.6. The second kappa shape index (κ2) is 10.0. The number of anilines is 2. The summed E-state index contributed by atoms with van der Waals surface area (Å²) in [5.41, 5.74) is 2.02. The molecule has 0 bridgehead atoms. The largest absolute Gasteiger partial charge is 0.492 e. The number of carbonyl (C=O) groups excluding carboxylic acids is 3. The first kappa shape index (κ1) is 23.3. The van der Waals surface area contributed by atoms with Crippen LogP contribution >= 0.6 is 0 Å². The van der Waals surface area contributed by atoms with Gasteiger partial charge in [0, 0.05) is 37.3 Å². The number of aliphatic hydroxyl groups excluding tert-OH is 1. The SMILES string of the molecule is O=C1CCC(N2C(=O)c3c(Nc4ccc(OCCN5CCOCC5)cc4)cccc3C2O)C(=O)N1. The second-order valence-electron chi connectivity index (χ2n) is 8.77. The minimum Gasteiger partial charge on any atom is -0.492 e. The minimum atomic E-state index is -1.26. The summed E-state index contributed by atoms with van der Waals surface area (Å²) in [5.74, 6) is -0.647. The molecule has 2 saturated heterocycles. The quantitative estimate of drug-likeness (QED) is 0.509. The zero-order chi connectivity index (χ0) is 24.4. The molecule has 0 spiro atoms. The number of fused-ring (bicyclic) bond motifs is 1. The van der Waals surface area contributed by atoms with Crippen molar-refractivity contribution in [1.82, 2.24) is 15.1 Å². The van der Waals surface area contributed by atoms with Crippen molar-refractivity contribution >= 4 is 29.1 Å². The number of imide groups is 1. The molecule has 3 heterocycles. The van der Waals surface area contributed by atoms with E-state index in [1.165, 1.54) is 0 Å². The fourth-order valence-electron chi connectivity index (χ4n) is 4.69. The molecule has 2 unspecified atom stereocenters. The summed E-state index contributed by atoms with van der Waals surface area (Å²) in [6.07, 6.45) is -0.961. The maximum Gasteiger partial charge on any atom is 0.259 e. The second-order valence-corrected chi connectivity index (χ2v) is 8.77. The zero-order valence-corrected chi connectivity index (χ0v) is 19.2. The first-order valence-electron chi connectivity index (χ1n) is 11.8. The predicted octanol–water partition coefficient (Wildman–Crippen LogP) is 1.39. The molecule has 2 fully saturated rings. The average Bonchev–Trinajstić information content (AvgIpc) is 3.12. The van der Waals surface area contributed by atoms with Crippen LogP contribution in [0, 0.1) is 0 Å². The van der Waals surface area contributed by atoms with E-state index in [2.05, 4.69) is 15.5 Å². The number of piperidine rings is 1. The van der Waals surface area contributed by atoms with E-state index in [0.717, 1.165) is 49.2 Å². The van der Waals surface area contributed by atoms with Gasteiger partial charge in [-0.2, -0.15) is 0 Å². The Labute approximate surface area is 202 Å². The van der Waals surface area contributed by atoms with Gasteiger partial charge in [-0.3, -0.25) is 29.5 Å². The van der Waals surface area contributed by atoms with Crippen LogP contribution in [0.2, 0.25) is 0 Å². The fourth-order valence-corrected chi connectivity index (χ4v) is 4.69. The highest BCUT2D eigenvalue weighted by molar-refractivity contribution is 6.08. The van der Waals surface area contributed by atoms with Crippen molar-refractivity contribution in [3.8, 4) is 5.75 Å². The van der Waals surface area contributed by atoms with Crippen molar-refractivity contribution in [3.05, 3.63) is 53.6 Å². The van der Waals surface area contributed by atoms with Crippen molar-refractivity contribution in [3.63, 3.8) is 0 Å². The number of nitrogens with one attached hydrogen (secondary N) is 2. The van der Waals surface area contributed by atoms with Crippen LogP contribution in [0.5, 0.6) is 5.75 Å². The van der Waals surface area contributed by atoms with E-state index in [0.29, 0.717) is 23.4 Å². The molecule has 2 atom stereocenters. The molecular formula is C25H28N4O6. The molecule has 3 aliphatic heterocycles. The van der Waals surface area contributed by atoms with Crippen LogP contribution in [-0.2, 0) is 14.3 Å². The van der Waals surface area contributed by atoms with Crippen LogP contribution in [0.3, 0.4) is 0 Å². The van der Waals surface area contributed by atoms with Gasteiger partial charge in [0.25, 0.3) is 5.91 Å². The van der Waals surface area contributed by atoms with Gasteiger partial charge in [-0.1, -0.05) is 12.1 Å². The third kappa shape index (κ3) is 4.86. The molecule has 0 radical (unpaired) electrons. The van der Waals surface area contributed by atoms with Crippen LogP contribution in [0.1, 0.15) is 35.0 Å². The topological polar surface area (TPSA) is 120 Å². The molecule has 3 N–H and O–H groups in total. The first-order chi connectivity index (χ1) is 17.0. The van der Waals surface area contributed by atoms with E-state index in [-0.39, 0.29) is 18.7 Å². The lowest BCUT2D eigenvalue weighted by molar-refractivity contribution is -0.139. The number of carbonyl (C=O) groups is 3. The summed E-state index contributed by atoms with van der Waals surface area (Å²) in [6, 6.07) is 11.7. The van der Waals surface area contributed by atoms with Crippen LogP contribution in [0.15, 0.2) is 42.5 Å². The Morgan fingerprint density at radius 1 is 1.09 bits per heavy atom.